The van der Waals surface area contributed by atoms with Crippen molar-refractivity contribution in [3.8, 4) is 0 Å². The molecule has 2 rings (SSSR count). The summed E-state index contributed by atoms with van der Waals surface area (Å²) in [5, 5.41) is 9.17. The topological polar surface area (TPSA) is 20.2 Å². The number of hydrogen-bond acceptors (Lipinski definition) is 1. The van der Waals surface area contributed by atoms with Crippen molar-refractivity contribution in [2.75, 3.05) is 6.61 Å². The van der Waals surface area contributed by atoms with Crippen molar-refractivity contribution in [3.63, 3.8) is 0 Å². The standard InChI is InChI=1S/C15H24O/c1-11(2)14-5-4-12(3)15(14)8-6-13(10-16)7-9-15/h6,11,14,16H,3-5,7-10H2,1-2H3/t14-,15+/m0/s1. The molecule has 2 aliphatic rings. The maximum atomic E-state index is 9.17. The summed E-state index contributed by atoms with van der Waals surface area (Å²) in [6.07, 6.45) is 8.20. The van der Waals surface area contributed by atoms with Gasteiger partial charge in [0.2, 0.25) is 0 Å². The lowest BCUT2D eigenvalue weighted by Gasteiger charge is -2.41. The lowest BCUT2D eigenvalue weighted by atomic mass is 9.63. The molecule has 90 valence electrons. The van der Waals surface area contributed by atoms with E-state index in [2.05, 4.69) is 26.5 Å². The summed E-state index contributed by atoms with van der Waals surface area (Å²) in [7, 11) is 0. The van der Waals surface area contributed by atoms with Crippen LogP contribution in [0.4, 0.5) is 0 Å². The van der Waals surface area contributed by atoms with Crippen LogP contribution < -0.4 is 0 Å². The Morgan fingerprint density at radius 2 is 2.25 bits per heavy atom. The molecule has 0 amide bonds. The van der Waals surface area contributed by atoms with Crippen LogP contribution >= 0.6 is 0 Å². The van der Waals surface area contributed by atoms with Crippen LogP contribution in [-0.2, 0) is 0 Å². The fourth-order valence-corrected chi connectivity index (χ4v) is 3.80. The first-order chi connectivity index (χ1) is 7.60. The molecule has 1 spiro atoms. The average molecular weight is 220 g/mol. The van der Waals surface area contributed by atoms with Gasteiger partial charge in [-0.25, -0.2) is 0 Å². The highest BCUT2D eigenvalue weighted by molar-refractivity contribution is 5.25. The summed E-state index contributed by atoms with van der Waals surface area (Å²) in [6.45, 7) is 9.25. The van der Waals surface area contributed by atoms with E-state index in [0.29, 0.717) is 5.41 Å². The molecule has 0 heterocycles. The van der Waals surface area contributed by atoms with Gasteiger partial charge in [-0.05, 0) is 54.9 Å². The first-order valence-corrected chi connectivity index (χ1v) is 6.57. The molecular weight excluding hydrogens is 196 g/mol. The molecule has 0 unspecified atom stereocenters. The van der Waals surface area contributed by atoms with Crippen molar-refractivity contribution >= 4 is 0 Å². The van der Waals surface area contributed by atoms with Crippen LogP contribution in [-0.4, -0.2) is 11.7 Å². The molecule has 0 aliphatic heterocycles. The Morgan fingerprint density at radius 3 is 2.75 bits per heavy atom. The van der Waals surface area contributed by atoms with E-state index in [9.17, 15) is 5.11 Å². The molecule has 1 nitrogen and oxygen atoms in total. The minimum Gasteiger partial charge on any atom is -0.392 e. The quantitative estimate of drug-likeness (QED) is 0.704. The monoisotopic (exact) mass is 220 g/mol. The highest BCUT2D eigenvalue weighted by atomic mass is 16.3. The summed E-state index contributed by atoms with van der Waals surface area (Å²) in [4.78, 5) is 0. The maximum Gasteiger partial charge on any atom is 0.0641 e. The normalized spacial score (nSPS) is 34.9. The van der Waals surface area contributed by atoms with E-state index in [4.69, 9.17) is 0 Å². The zero-order valence-electron chi connectivity index (χ0n) is 10.6. The third kappa shape index (κ3) is 1.75. The van der Waals surface area contributed by atoms with Gasteiger partial charge in [0.25, 0.3) is 0 Å². The van der Waals surface area contributed by atoms with Crippen LogP contribution in [0, 0.1) is 17.3 Å². The first-order valence-electron chi connectivity index (χ1n) is 6.57. The number of hydrogen-bond donors (Lipinski definition) is 1. The largest absolute Gasteiger partial charge is 0.392 e. The summed E-state index contributed by atoms with van der Waals surface area (Å²) in [5.41, 5.74) is 3.07. The fourth-order valence-electron chi connectivity index (χ4n) is 3.80. The van der Waals surface area contributed by atoms with E-state index in [-0.39, 0.29) is 6.61 Å². The maximum absolute atomic E-state index is 9.17. The van der Waals surface area contributed by atoms with E-state index in [1.165, 1.54) is 30.4 Å². The lowest BCUT2D eigenvalue weighted by molar-refractivity contribution is 0.164. The molecule has 1 N–H and O–H groups in total. The van der Waals surface area contributed by atoms with Crippen molar-refractivity contribution in [2.45, 2.75) is 46.0 Å². The molecule has 1 heteroatoms. The van der Waals surface area contributed by atoms with Crippen LogP contribution in [0.3, 0.4) is 0 Å². The zero-order valence-corrected chi connectivity index (χ0v) is 10.6. The number of allylic oxidation sites excluding steroid dienone is 2. The van der Waals surface area contributed by atoms with Gasteiger partial charge in [-0.1, -0.05) is 32.1 Å². The van der Waals surface area contributed by atoms with Gasteiger partial charge in [0, 0.05) is 0 Å². The van der Waals surface area contributed by atoms with Gasteiger partial charge in [0.1, 0.15) is 0 Å². The zero-order chi connectivity index (χ0) is 11.8. The molecule has 0 aromatic rings. The summed E-state index contributed by atoms with van der Waals surface area (Å²) in [5.74, 6) is 1.56. The molecule has 1 fully saturated rings. The lowest BCUT2D eigenvalue weighted by Crippen LogP contribution is -2.32. The Hall–Kier alpha value is -0.560. The molecule has 0 saturated heterocycles. The minimum atomic E-state index is 0.245. The molecule has 1 saturated carbocycles. The Labute approximate surface area is 99.3 Å². The van der Waals surface area contributed by atoms with Crippen molar-refractivity contribution < 1.29 is 5.11 Å². The van der Waals surface area contributed by atoms with E-state index < -0.39 is 0 Å². The second kappa shape index (κ2) is 4.37. The van der Waals surface area contributed by atoms with Gasteiger partial charge in [-0.15, -0.1) is 0 Å². The van der Waals surface area contributed by atoms with Crippen molar-refractivity contribution in [3.05, 3.63) is 23.8 Å². The van der Waals surface area contributed by atoms with Crippen molar-refractivity contribution in [1.29, 1.82) is 0 Å². The van der Waals surface area contributed by atoms with E-state index in [0.717, 1.165) is 24.7 Å². The molecule has 16 heavy (non-hydrogen) atoms. The molecule has 0 bridgehead atoms. The summed E-state index contributed by atoms with van der Waals surface area (Å²) < 4.78 is 0. The molecule has 2 aliphatic carbocycles. The van der Waals surface area contributed by atoms with Crippen LogP contribution in [0.1, 0.15) is 46.0 Å². The highest BCUT2D eigenvalue weighted by Crippen LogP contribution is 2.57. The van der Waals surface area contributed by atoms with Crippen LogP contribution in [0.15, 0.2) is 23.8 Å². The average Bonchev–Trinajstić information content (AvgIpc) is 2.58. The molecular formula is C15H24O. The van der Waals surface area contributed by atoms with Gasteiger partial charge in [0.05, 0.1) is 6.61 Å². The van der Waals surface area contributed by atoms with Crippen LogP contribution in [0.2, 0.25) is 0 Å². The number of aliphatic hydroxyl groups is 1. The second-order valence-corrected chi connectivity index (χ2v) is 5.87. The second-order valence-electron chi connectivity index (χ2n) is 5.87. The summed E-state index contributed by atoms with van der Waals surface area (Å²) in [6, 6.07) is 0. The smallest absolute Gasteiger partial charge is 0.0641 e. The van der Waals surface area contributed by atoms with E-state index >= 15 is 0 Å². The van der Waals surface area contributed by atoms with Crippen LogP contribution in [0.5, 0.6) is 0 Å². The summed E-state index contributed by atoms with van der Waals surface area (Å²) >= 11 is 0. The minimum absolute atomic E-state index is 0.245. The molecule has 0 radical (unpaired) electrons. The first kappa shape index (κ1) is 11.9. The third-order valence-electron chi connectivity index (χ3n) is 4.83. The molecule has 0 aromatic heterocycles. The predicted octanol–water partition coefficient (Wildman–Crippen LogP) is 3.70. The third-order valence-corrected chi connectivity index (χ3v) is 4.83. The number of rotatable bonds is 2. The van der Waals surface area contributed by atoms with Crippen LogP contribution in [0.25, 0.3) is 0 Å². The Kier molecular flexibility index (Phi) is 3.25. The van der Waals surface area contributed by atoms with Gasteiger partial charge < -0.3 is 5.11 Å². The Balaban J connectivity index is 2.23. The van der Waals surface area contributed by atoms with Gasteiger partial charge in [-0.3, -0.25) is 0 Å². The Morgan fingerprint density at radius 1 is 1.50 bits per heavy atom. The van der Waals surface area contributed by atoms with Crippen molar-refractivity contribution in [2.24, 2.45) is 17.3 Å². The Bertz CT molecular complexity index is 313. The van der Waals surface area contributed by atoms with Crippen molar-refractivity contribution in [1.82, 2.24) is 0 Å². The van der Waals surface area contributed by atoms with Gasteiger partial charge in [-0.2, -0.15) is 0 Å². The van der Waals surface area contributed by atoms with Gasteiger partial charge >= 0.3 is 0 Å². The SMILES string of the molecule is C=C1CC[C@@H](C(C)C)[C@@]12CC=C(CO)CC2. The predicted molar refractivity (Wildman–Crippen MR) is 68.2 cm³/mol. The highest BCUT2D eigenvalue weighted by Gasteiger charge is 2.46. The molecule has 0 aromatic carbocycles. The van der Waals surface area contributed by atoms with E-state index in [1.807, 2.05) is 0 Å². The number of aliphatic hydroxyl groups excluding tert-OH is 1. The van der Waals surface area contributed by atoms with E-state index in [1.54, 1.807) is 0 Å². The fraction of sp³-hybridized carbons (Fsp3) is 0.733. The molecule has 2 atom stereocenters. The van der Waals surface area contributed by atoms with Gasteiger partial charge in [0.15, 0.2) is 0 Å².